The van der Waals surface area contributed by atoms with Gasteiger partial charge in [0.25, 0.3) is 0 Å². The molecule has 8 heteroatoms. The third-order valence-electron chi connectivity index (χ3n) is 2.92. The summed E-state index contributed by atoms with van der Waals surface area (Å²) in [6, 6.07) is 10.6. The summed E-state index contributed by atoms with van der Waals surface area (Å²) in [6.45, 7) is 1.54. The molecule has 0 amide bonds. The molecule has 0 radical (unpaired) electrons. The first kappa shape index (κ1) is 15.4. The zero-order valence-corrected chi connectivity index (χ0v) is 12.7. The molecular weight excluding hydrogens is 325 g/mol. The lowest BCUT2D eigenvalue weighted by Crippen LogP contribution is -2.08. The van der Waals surface area contributed by atoms with Crippen LogP contribution in [0.5, 0.6) is 0 Å². The van der Waals surface area contributed by atoms with E-state index in [4.69, 9.17) is 0 Å². The lowest BCUT2D eigenvalue weighted by Gasteiger charge is -2.08. The van der Waals surface area contributed by atoms with Gasteiger partial charge in [0.15, 0.2) is 5.69 Å². The van der Waals surface area contributed by atoms with E-state index in [1.54, 1.807) is 0 Å². The molecule has 0 aliphatic heterocycles. The second kappa shape index (κ2) is 5.96. The Morgan fingerprint density at radius 3 is 2.48 bits per heavy atom. The van der Waals surface area contributed by atoms with Gasteiger partial charge in [0.05, 0.1) is 15.6 Å². The number of aromatic nitrogens is 3. The molecule has 0 aliphatic carbocycles. The van der Waals surface area contributed by atoms with Crippen molar-refractivity contribution < 1.29 is 13.2 Å². The Morgan fingerprint density at radius 1 is 1.04 bits per heavy atom. The van der Waals surface area contributed by atoms with E-state index >= 15 is 0 Å². The number of nitrogens with zero attached hydrogens (tertiary/aromatic N) is 3. The molecule has 3 rings (SSSR count). The molecule has 0 fully saturated rings. The van der Waals surface area contributed by atoms with Crippen LogP contribution < -0.4 is 5.32 Å². The van der Waals surface area contributed by atoms with Crippen LogP contribution in [0.15, 0.2) is 42.6 Å². The Balaban J connectivity index is 1.98. The van der Waals surface area contributed by atoms with Crippen molar-refractivity contribution in [3.8, 4) is 10.6 Å². The first-order valence-electron chi connectivity index (χ1n) is 6.63. The van der Waals surface area contributed by atoms with Gasteiger partial charge in [-0.3, -0.25) is 0 Å². The number of nitrogens with one attached hydrogen (secondary N) is 1. The van der Waals surface area contributed by atoms with Gasteiger partial charge < -0.3 is 5.32 Å². The molecule has 0 saturated carbocycles. The van der Waals surface area contributed by atoms with Crippen LogP contribution >= 0.6 is 11.3 Å². The Kier molecular flexibility index (Phi) is 3.99. The summed E-state index contributed by atoms with van der Waals surface area (Å²) in [6.07, 6.45) is -3.10. The van der Waals surface area contributed by atoms with Crippen LogP contribution in [-0.4, -0.2) is 15.0 Å². The van der Waals surface area contributed by atoms with Crippen LogP contribution in [0.4, 0.5) is 24.8 Å². The maximum Gasteiger partial charge on any atom is 0.434 e. The molecule has 118 valence electrons. The van der Waals surface area contributed by atoms with E-state index in [0.717, 1.165) is 17.0 Å². The monoisotopic (exact) mass is 336 g/mol. The predicted octanol–water partition coefficient (Wildman–Crippen LogP) is 4.67. The van der Waals surface area contributed by atoms with Crippen molar-refractivity contribution in [2.45, 2.75) is 13.1 Å². The fourth-order valence-electron chi connectivity index (χ4n) is 1.99. The van der Waals surface area contributed by atoms with E-state index in [1.807, 2.05) is 30.3 Å². The van der Waals surface area contributed by atoms with Crippen LogP contribution in [-0.2, 0) is 6.18 Å². The Hall–Kier alpha value is -2.48. The van der Waals surface area contributed by atoms with Crippen LogP contribution in [0.2, 0.25) is 0 Å². The van der Waals surface area contributed by atoms with E-state index < -0.39 is 11.9 Å². The maximum absolute atomic E-state index is 13.1. The van der Waals surface area contributed by atoms with Crippen molar-refractivity contribution in [3.63, 3.8) is 0 Å². The highest BCUT2D eigenvalue weighted by Crippen LogP contribution is 2.39. The van der Waals surface area contributed by atoms with Crippen molar-refractivity contribution in [3.05, 3.63) is 53.3 Å². The molecule has 0 saturated heterocycles. The van der Waals surface area contributed by atoms with Crippen molar-refractivity contribution in [1.29, 1.82) is 0 Å². The third-order valence-corrected chi connectivity index (χ3v) is 3.91. The van der Waals surface area contributed by atoms with E-state index in [9.17, 15) is 13.2 Å². The standard InChI is InChI=1S/C15H11F3N4S/c1-9-20-13(15(16,17)18)12(23-9)11-7-8-19-14(22-11)21-10-5-3-2-4-6-10/h2-8H,1H3,(H,19,21,22). The number of halogens is 3. The van der Waals surface area contributed by atoms with Gasteiger partial charge in [0.2, 0.25) is 5.95 Å². The summed E-state index contributed by atoms with van der Waals surface area (Å²) in [5.41, 5.74) is 0.0295. The predicted molar refractivity (Wildman–Crippen MR) is 82.6 cm³/mol. The van der Waals surface area contributed by atoms with Gasteiger partial charge >= 0.3 is 6.18 Å². The molecule has 3 aromatic rings. The average molecular weight is 336 g/mol. The van der Waals surface area contributed by atoms with Gasteiger partial charge in [-0.05, 0) is 25.1 Å². The number of para-hydroxylation sites is 1. The molecule has 0 atom stereocenters. The van der Waals surface area contributed by atoms with Crippen LogP contribution in [0.1, 0.15) is 10.7 Å². The summed E-state index contributed by atoms with van der Waals surface area (Å²) in [5, 5.41) is 3.30. The van der Waals surface area contributed by atoms with E-state index in [1.165, 1.54) is 19.2 Å². The van der Waals surface area contributed by atoms with Crippen LogP contribution in [0, 0.1) is 6.92 Å². The largest absolute Gasteiger partial charge is 0.434 e. The van der Waals surface area contributed by atoms with E-state index in [-0.39, 0.29) is 16.5 Å². The summed E-state index contributed by atoms with van der Waals surface area (Å²) in [4.78, 5) is 11.8. The lowest BCUT2D eigenvalue weighted by molar-refractivity contribution is -0.140. The van der Waals surface area contributed by atoms with E-state index in [2.05, 4.69) is 20.3 Å². The number of rotatable bonds is 3. The molecule has 0 spiro atoms. The van der Waals surface area contributed by atoms with Crippen molar-refractivity contribution in [1.82, 2.24) is 15.0 Å². The van der Waals surface area contributed by atoms with Crippen LogP contribution in [0.3, 0.4) is 0 Å². The number of anilines is 2. The Morgan fingerprint density at radius 2 is 1.78 bits per heavy atom. The highest BCUT2D eigenvalue weighted by atomic mass is 32.1. The molecule has 2 aromatic heterocycles. The minimum atomic E-state index is -4.52. The summed E-state index contributed by atoms with van der Waals surface area (Å²) >= 11 is 0.960. The van der Waals surface area contributed by atoms with Gasteiger partial charge in [-0.15, -0.1) is 11.3 Å². The topological polar surface area (TPSA) is 50.7 Å². The molecule has 23 heavy (non-hydrogen) atoms. The fourth-order valence-corrected chi connectivity index (χ4v) is 2.90. The number of hydrogen-bond donors (Lipinski definition) is 1. The zero-order chi connectivity index (χ0) is 16.4. The number of aryl methyl sites for hydroxylation is 1. The van der Waals surface area contributed by atoms with Crippen molar-refractivity contribution >= 4 is 23.0 Å². The number of thiazole rings is 1. The zero-order valence-electron chi connectivity index (χ0n) is 11.9. The normalized spacial score (nSPS) is 11.5. The summed E-state index contributed by atoms with van der Waals surface area (Å²) in [7, 11) is 0. The maximum atomic E-state index is 13.1. The van der Waals surface area contributed by atoms with Gasteiger partial charge in [-0.1, -0.05) is 18.2 Å². The van der Waals surface area contributed by atoms with Crippen LogP contribution in [0.25, 0.3) is 10.6 Å². The van der Waals surface area contributed by atoms with Gasteiger partial charge in [-0.25, -0.2) is 15.0 Å². The molecule has 1 aromatic carbocycles. The minimum Gasteiger partial charge on any atom is -0.324 e. The fraction of sp³-hybridized carbons (Fsp3) is 0.133. The Bertz CT molecular complexity index is 815. The lowest BCUT2D eigenvalue weighted by atomic mass is 10.2. The average Bonchev–Trinajstić information content (AvgIpc) is 2.91. The second-order valence-corrected chi connectivity index (χ2v) is 5.87. The smallest absolute Gasteiger partial charge is 0.324 e. The number of alkyl halides is 3. The number of benzene rings is 1. The first-order valence-corrected chi connectivity index (χ1v) is 7.45. The second-order valence-electron chi connectivity index (χ2n) is 4.66. The van der Waals surface area contributed by atoms with E-state index in [0.29, 0.717) is 5.01 Å². The SMILES string of the molecule is Cc1nc(C(F)(F)F)c(-c2ccnc(Nc3ccccc3)n2)s1. The number of hydrogen-bond acceptors (Lipinski definition) is 5. The molecule has 4 nitrogen and oxygen atoms in total. The highest BCUT2D eigenvalue weighted by molar-refractivity contribution is 7.15. The van der Waals surface area contributed by atoms with Crippen molar-refractivity contribution in [2.24, 2.45) is 0 Å². The van der Waals surface area contributed by atoms with Crippen molar-refractivity contribution in [2.75, 3.05) is 5.32 Å². The molecule has 0 bridgehead atoms. The summed E-state index contributed by atoms with van der Waals surface area (Å²) < 4.78 is 39.2. The van der Waals surface area contributed by atoms with Gasteiger partial charge in [0.1, 0.15) is 0 Å². The van der Waals surface area contributed by atoms with Gasteiger partial charge in [0, 0.05) is 11.9 Å². The molecule has 0 aliphatic rings. The highest BCUT2D eigenvalue weighted by Gasteiger charge is 2.37. The summed E-state index contributed by atoms with van der Waals surface area (Å²) in [5.74, 6) is 0.230. The minimum absolute atomic E-state index is 0.00601. The third kappa shape index (κ3) is 3.48. The molecule has 0 unspecified atom stereocenters. The quantitative estimate of drug-likeness (QED) is 0.755. The molecule has 1 N–H and O–H groups in total. The molecular formula is C15H11F3N4S. The molecule has 2 heterocycles. The first-order chi connectivity index (χ1) is 10.9. The van der Waals surface area contributed by atoms with Gasteiger partial charge in [-0.2, -0.15) is 13.2 Å². The Labute approximate surface area is 134 Å².